The number of carbonyl (C=O) groups is 2. The predicted molar refractivity (Wildman–Crippen MR) is 151 cm³/mol. The summed E-state index contributed by atoms with van der Waals surface area (Å²) in [7, 11) is 0. The fraction of sp³-hybridized carbons (Fsp3) is 0.419. The van der Waals surface area contributed by atoms with E-state index in [1.165, 1.54) is 6.42 Å². The molecule has 0 N–H and O–H groups in total. The first-order chi connectivity index (χ1) is 19.0. The Labute approximate surface area is 235 Å². The van der Waals surface area contributed by atoms with Crippen LogP contribution in [-0.2, 0) is 17.9 Å². The second-order valence-electron chi connectivity index (χ2n) is 10.3. The molecule has 1 fully saturated rings. The van der Waals surface area contributed by atoms with Gasteiger partial charge in [0, 0.05) is 41.6 Å². The molecular formula is C31H36ClN3O4. The van der Waals surface area contributed by atoms with Crippen molar-refractivity contribution >= 4 is 23.4 Å². The maximum atomic E-state index is 14.0. The van der Waals surface area contributed by atoms with Crippen molar-refractivity contribution in [1.29, 1.82) is 0 Å². The fourth-order valence-corrected chi connectivity index (χ4v) is 5.73. The lowest BCUT2D eigenvalue weighted by Crippen LogP contribution is -2.47. The first kappa shape index (κ1) is 27.1. The van der Waals surface area contributed by atoms with E-state index in [-0.39, 0.29) is 31.2 Å². The maximum absolute atomic E-state index is 14.0. The number of carbonyl (C=O) groups excluding carboxylic acids is 2. The van der Waals surface area contributed by atoms with Crippen LogP contribution in [0.5, 0.6) is 11.5 Å². The molecule has 2 aromatic carbocycles. The van der Waals surface area contributed by atoms with E-state index < -0.39 is 0 Å². The predicted octanol–water partition coefficient (Wildman–Crippen LogP) is 6.13. The number of aromatic nitrogens is 1. The third-order valence-corrected chi connectivity index (χ3v) is 7.99. The summed E-state index contributed by atoms with van der Waals surface area (Å²) in [6, 6.07) is 17.3. The van der Waals surface area contributed by atoms with E-state index in [2.05, 4.69) is 10.6 Å². The van der Waals surface area contributed by atoms with Gasteiger partial charge in [0.05, 0.1) is 6.54 Å². The highest BCUT2D eigenvalue weighted by Crippen LogP contribution is 2.33. The van der Waals surface area contributed by atoms with E-state index >= 15 is 0 Å². The van der Waals surface area contributed by atoms with Crippen LogP contribution in [0.1, 0.15) is 67.1 Å². The van der Waals surface area contributed by atoms with Crippen LogP contribution in [0, 0.1) is 0 Å². The molecule has 1 aliphatic carbocycles. The molecule has 2 amide bonds. The van der Waals surface area contributed by atoms with Crippen LogP contribution >= 0.6 is 11.6 Å². The van der Waals surface area contributed by atoms with Crippen molar-refractivity contribution in [3.63, 3.8) is 0 Å². The lowest BCUT2D eigenvalue weighted by atomic mass is 9.94. The highest BCUT2D eigenvalue weighted by molar-refractivity contribution is 6.31. The summed E-state index contributed by atoms with van der Waals surface area (Å²) in [5.74, 6) is 1.00. The largest absolute Gasteiger partial charge is 0.454 e. The Hall–Kier alpha value is -3.45. The Kier molecular flexibility index (Phi) is 8.77. The number of nitrogens with zero attached hydrogens (tertiary/aromatic N) is 3. The van der Waals surface area contributed by atoms with Crippen molar-refractivity contribution < 1.29 is 19.1 Å². The molecule has 2 heterocycles. The first-order valence-corrected chi connectivity index (χ1v) is 14.3. The monoisotopic (exact) mass is 549 g/mol. The zero-order valence-corrected chi connectivity index (χ0v) is 23.2. The van der Waals surface area contributed by atoms with Crippen LogP contribution in [0.2, 0.25) is 5.02 Å². The molecule has 0 radical (unpaired) electrons. The zero-order valence-electron chi connectivity index (χ0n) is 22.5. The van der Waals surface area contributed by atoms with Crippen LogP contribution in [0.4, 0.5) is 0 Å². The lowest BCUT2D eigenvalue weighted by Gasteiger charge is -2.36. The molecule has 0 saturated heterocycles. The highest BCUT2D eigenvalue weighted by Gasteiger charge is 2.29. The van der Waals surface area contributed by atoms with E-state index in [0.29, 0.717) is 36.7 Å². The SMILES string of the molecule is CCCN(CC(=O)N(Cc1cccn1Cc1ccccc1Cl)C1CCCCC1)C(=O)c1ccc2c(c1)OCO2. The summed E-state index contributed by atoms with van der Waals surface area (Å²) in [6.45, 7) is 3.85. The Morgan fingerprint density at radius 2 is 1.79 bits per heavy atom. The van der Waals surface area contributed by atoms with Gasteiger partial charge in [-0.15, -0.1) is 0 Å². The molecule has 0 unspecified atom stereocenters. The van der Waals surface area contributed by atoms with Crippen LogP contribution < -0.4 is 9.47 Å². The number of ether oxygens (including phenoxy) is 2. The van der Waals surface area contributed by atoms with Gasteiger partial charge in [0.15, 0.2) is 11.5 Å². The maximum Gasteiger partial charge on any atom is 0.254 e. The zero-order chi connectivity index (χ0) is 27.2. The summed E-state index contributed by atoms with van der Waals surface area (Å²) in [4.78, 5) is 31.1. The molecule has 1 aliphatic heterocycles. The number of fused-ring (bicyclic) bond motifs is 1. The summed E-state index contributed by atoms with van der Waals surface area (Å²) in [6.07, 6.45) is 8.20. The number of rotatable bonds is 10. The number of halogens is 1. The quantitative estimate of drug-likeness (QED) is 0.305. The smallest absolute Gasteiger partial charge is 0.254 e. The van der Waals surface area contributed by atoms with E-state index in [0.717, 1.165) is 48.4 Å². The van der Waals surface area contributed by atoms with Gasteiger partial charge in [-0.3, -0.25) is 9.59 Å². The van der Waals surface area contributed by atoms with Crippen molar-refractivity contribution in [2.45, 2.75) is 64.6 Å². The third-order valence-electron chi connectivity index (χ3n) is 7.62. The van der Waals surface area contributed by atoms with Gasteiger partial charge in [-0.2, -0.15) is 0 Å². The number of amides is 2. The van der Waals surface area contributed by atoms with E-state index in [1.54, 1.807) is 23.1 Å². The van der Waals surface area contributed by atoms with Gasteiger partial charge in [0.2, 0.25) is 12.7 Å². The highest BCUT2D eigenvalue weighted by atomic mass is 35.5. The van der Waals surface area contributed by atoms with Crippen LogP contribution in [-0.4, -0.2) is 52.1 Å². The molecule has 1 aromatic heterocycles. The molecule has 3 aromatic rings. The van der Waals surface area contributed by atoms with Crippen LogP contribution in [0.3, 0.4) is 0 Å². The Morgan fingerprint density at radius 1 is 1.00 bits per heavy atom. The molecule has 2 aliphatic rings. The van der Waals surface area contributed by atoms with E-state index in [4.69, 9.17) is 21.1 Å². The lowest BCUT2D eigenvalue weighted by molar-refractivity contribution is -0.135. The van der Waals surface area contributed by atoms with Crippen molar-refractivity contribution in [2.75, 3.05) is 19.9 Å². The van der Waals surface area contributed by atoms with Gasteiger partial charge >= 0.3 is 0 Å². The van der Waals surface area contributed by atoms with Crippen LogP contribution in [0.25, 0.3) is 0 Å². The Morgan fingerprint density at radius 3 is 2.59 bits per heavy atom. The summed E-state index contributed by atoms with van der Waals surface area (Å²) >= 11 is 6.44. The second-order valence-corrected chi connectivity index (χ2v) is 10.7. The van der Waals surface area contributed by atoms with E-state index in [1.807, 2.05) is 48.4 Å². The summed E-state index contributed by atoms with van der Waals surface area (Å²) in [5, 5.41) is 0.731. The van der Waals surface area contributed by atoms with Gasteiger partial charge in [0.1, 0.15) is 6.54 Å². The van der Waals surface area contributed by atoms with Crippen LogP contribution in [0.15, 0.2) is 60.8 Å². The average Bonchev–Trinajstić information content (AvgIpc) is 3.61. The minimum Gasteiger partial charge on any atom is -0.454 e. The topological polar surface area (TPSA) is 64.0 Å². The van der Waals surface area contributed by atoms with Crippen molar-refractivity contribution in [1.82, 2.24) is 14.4 Å². The molecule has 1 saturated carbocycles. The van der Waals surface area contributed by atoms with Gasteiger partial charge in [-0.25, -0.2) is 0 Å². The Balaban J connectivity index is 1.35. The van der Waals surface area contributed by atoms with Gasteiger partial charge in [-0.05, 0) is 61.2 Å². The molecule has 0 bridgehead atoms. The molecular weight excluding hydrogens is 514 g/mol. The normalized spacial score (nSPS) is 14.8. The number of benzene rings is 2. The summed E-state index contributed by atoms with van der Waals surface area (Å²) < 4.78 is 13.0. The number of hydrogen-bond donors (Lipinski definition) is 0. The molecule has 39 heavy (non-hydrogen) atoms. The van der Waals surface area contributed by atoms with Crippen molar-refractivity contribution in [3.8, 4) is 11.5 Å². The van der Waals surface area contributed by atoms with Gasteiger partial charge in [-0.1, -0.05) is 56.0 Å². The second kappa shape index (κ2) is 12.6. The molecule has 8 heteroatoms. The standard InChI is InChI=1S/C31H36ClN3O4/c1-2-16-34(31(37)23-14-15-28-29(18-23)39-22-38-28)21-30(36)35(25-10-4-3-5-11-25)20-26-12-8-17-33(26)19-24-9-6-7-13-27(24)32/h6-9,12-15,17-18,25H,2-5,10-11,16,19-22H2,1H3. The van der Waals surface area contributed by atoms with Gasteiger partial charge in [0.25, 0.3) is 5.91 Å². The average molecular weight is 550 g/mol. The number of hydrogen-bond acceptors (Lipinski definition) is 4. The van der Waals surface area contributed by atoms with Crippen molar-refractivity contribution in [2.24, 2.45) is 0 Å². The molecule has 0 spiro atoms. The molecule has 5 rings (SSSR count). The summed E-state index contributed by atoms with van der Waals surface area (Å²) in [5.41, 5.74) is 2.59. The van der Waals surface area contributed by atoms with E-state index in [9.17, 15) is 9.59 Å². The third kappa shape index (κ3) is 6.41. The molecule has 0 atom stereocenters. The molecule has 206 valence electrons. The Bertz CT molecular complexity index is 1300. The first-order valence-electron chi connectivity index (χ1n) is 13.9. The van der Waals surface area contributed by atoms with Crippen molar-refractivity contribution in [3.05, 3.63) is 82.6 Å². The van der Waals surface area contributed by atoms with Gasteiger partial charge < -0.3 is 23.8 Å². The molecule has 7 nitrogen and oxygen atoms in total. The fourth-order valence-electron chi connectivity index (χ4n) is 5.53. The minimum absolute atomic E-state index is 0.0186. The minimum atomic E-state index is -0.172.